The fraction of sp³-hybridized carbons (Fsp3) is 1.00. The average molecular weight is 143 g/mol. The van der Waals surface area contributed by atoms with Crippen molar-refractivity contribution < 1.29 is 5.11 Å². The quantitative estimate of drug-likeness (QED) is 0.599. The zero-order valence-electron chi connectivity index (χ0n) is 6.42. The molecule has 0 spiro atoms. The molecule has 0 aromatic heterocycles. The van der Waals surface area contributed by atoms with Crippen molar-refractivity contribution in [3.05, 3.63) is 0 Å². The summed E-state index contributed by atoms with van der Waals surface area (Å²) in [6.07, 6.45) is 4.81. The molecule has 10 heavy (non-hydrogen) atoms. The second-order valence-electron chi connectivity index (χ2n) is 3.31. The molecule has 2 heteroatoms. The van der Waals surface area contributed by atoms with Crippen LogP contribution in [0.5, 0.6) is 0 Å². The summed E-state index contributed by atoms with van der Waals surface area (Å²) >= 11 is 0. The normalized spacial score (nSPS) is 34.2. The van der Waals surface area contributed by atoms with Gasteiger partial charge in [0.05, 0.1) is 0 Å². The van der Waals surface area contributed by atoms with E-state index < -0.39 is 0 Å². The van der Waals surface area contributed by atoms with Crippen molar-refractivity contribution in [3.8, 4) is 0 Å². The van der Waals surface area contributed by atoms with Gasteiger partial charge in [0, 0.05) is 6.61 Å². The fourth-order valence-corrected chi connectivity index (χ4v) is 1.65. The van der Waals surface area contributed by atoms with Crippen LogP contribution in [0.15, 0.2) is 0 Å². The number of aliphatic hydroxyl groups is 1. The minimum absolute atomic E-state index is 0.372. The Kier molecular flexibility index (Phi) is 3.16. The average Bonchev–Trinajstić information content (AvgIpc) is 2.05. The Bertz CT molecular complexity index is 75.3. The van der Waals surface area contributed by atoms with Gasteiger partial charge in [0.25, 0.3) is 0 Å². The van der Waals surface area contributed by atoms with Crippen LogP contribution in [0.1, 0.15) is 25.7 Å². The minimum atomic E-state index is 0.372. The highest BCUT2D eigenvalue weighted by atomic mass is 16.3. The van der Waals surface area contributed by atoms with E-state index in [0.29, 0.717) is 12.5 Å². The Morgan fingerprint density at radius 1 is 1.10 bits per heavy atom. The van der Waals surface area contributed by atoms with Crippen molar-refractivity contribution in [1.82, 2.24) is 0 Å². The van der Waals surface area contributed by atoms with Crippen molar-refractivity contribution >= 4 is 0 Å². The lowest BCUT2D eigenvalue weighted by molar-refractivity contribution is 0.169. The van der Waals surface area contributed by atoms with Crippen LogP contribution >= 0.6 is 0 Å². The predicted octanol–water partition coefficient (Wildman–Crippen LogP) is 0.744. The van der Waals surface area contributed by atoms with E-state index in [1.54, 1.807) is 0 Å². The van der Waals surface area contributed by atoms with Crippen molar-refractivity contribution in [2.24, 2.45) is 17.6 Å². The minimum Gasteiger partial charge on any atom is -0.396 e. The van der Waals surface area contributed by atoms with Crippen LogP contribution in [0.3, 0.4) is 0 Å². The Hall–Kier alpha value is -0.0800. The first-order valence-electron chi connectivity index (χ1n) is 4.17. The van der Waals surface area contributed by atoms with Gasteiger partial charge in [0.1, 0.15) is 0 Å². The molecule has 0 aromatic rings. The summed E-state index contributed by atoms with van der Waals surface area (Å²) in [5, 5.41) is 8.82. The number of nitrogens with two attached hydrogens (primary N) is 1. The number of rotatable bonds is 2. The summed E-state index contributed by atoms with van der Waals surface area (Å²) in [6, 6.07) is 0. The largest absolute Gasteiger partial charge is 0.396 e. The summed E-state index contributed by atoms with van der Waals surface area (Å²) in [5.41, 5.74) is 5.53. The lowest BCUT2D eigenvalue weighted by Gasteiger charge is -2.25. The molecule has 0 bridgehead atoms. The maximum atomic E-state index is 8.82. The molecular weight excluding hydrogens is 126 g/mol. The van der Waals surface area contributed by atoms with E-state index in [9.17, 15) is 0 Å². The molecule has 1 saturated carbocycles. The monoisotopic (exact) mass is 143 g/mol. The first-order chi connectivity index (χ1) is 4.86. The zero-order chi connectivity index (χ0) is 7.40. The van der Waals surface area contributed by atoms with Crippen LogP contribution in [0.4, 0.5) is 0 Å². The lowest BCUT2D eigenvalue weighted by Crippen LogP contribution is -2.22. The maximum Gasteiger partial charge on any atom is 0.0459 e. The van der Waals surface area contributed by atoms with Crippen LogP contribution < -0.4 is 5.73 Å². The topological polar surface area (TPSA) is 46.2 Å². The molecule has 3 N–H and O–H groups in total. The lowest BCUT2D eigenvalue weighted by atomic mass is 9.82. The molecule has 0 heterocycles. The molecule has 1 aliphatic carbocycles. The van der Waals surface area contributed by atoms with Gasteiger partial charge in [-0.05, 0) is 44.1 Å². The van der Waals surface area contributed by atoms with E-state index >= 15 is 0 Å². The van der Waals surface area contributed by atoms with Gasteiger partial charge in [0.2, 0.25) is 0 Å². The first kappa shape index (κ1) is 8.02. The van der Waals surface area contributed by atoms with Gasteiger partial charge in [-0.15, -0.1) is 0 Å². The Morgan fingerprint density at radius 3 is 2.00 bits per heavy atom. The van der Waals surface area contributed by atoms with Gasteiger partial charge in [-0.2, -0.15) is 0 Å². The first-order valence-corrected chi connectivity index (χ1v) is 4.17. The van der Waals surface area contributed by atoms with E-state index in [-0.39, 0.29) is 0 Å². The van der Waals surface area contributed by atoms with Crippen LogP contribution in [0.25, 0.3) is 0 Å². The number of hydrogen-bond acceptors (Lipinski definition) is 2. The molecule has 1 rings (SSSR count). The smallest absolute Gasteiger partial charge is 0.0459 e. The highest BCUT2D eigenvalue weighted by molar-refractivity contribution is 4.71. The zero-order valence-corrected chi connectivity index (χ0v) is 6.42. The van der Waals surface area contributed by atoms with Gasteiger partial charge in [0.15, 0.2) is 0 Å². The van der Waals surface area contributed by atoms with E-state index in [1.165, 1.54) is 25.7 Å². The predicted molar refractivity (Wildman–Crippen MR) is 41.6 cm³/mol. The molecule has 1 aliphatic rings. The van der Waals surface area contributed by atoms with E-state index in [1.807, 2.05) is 0 Å². The third-order valence-electron chi connectivity index (χ3n) is 2.56. The standard InChI is InChI=1S/C8H17NO/c9-5-7-1-3-8(6-10)4-2-7/h7-8,10H,1-6,9H2/t7-,8-. The van der Waals surface area contributed by atoms with Crippen molar-refractivity contribution in [1.29, 1.82) is 0 Å². The highest BCUT2D eigenvalue weighted by Crippen LogP contribution is 2.27. The Balaban J connectivity index is 2.17. The van der Waals surface area contributed by atoms with Gasteiger partial charge in [-0.25, -0.2) is 0 Å². The Morgan fingerprint density at radius 2 is 1.60 bits per heavy atom. The third kappa shape index (κ3) is 1.96. The summed E-state index contributed by atoms with van der Waals surface area (Å²) in [5.74, 6) is 1.31. The van der Waals surface area contributed by atoms with Crippen LogP contribution in [-0.2, 0) is 0 Å². The summed E-state index contributed by atoms with van der Waals surface area (Å²) < 4.78 is 0. The van der Waals surface area contributed by atoms with Gasteiger partial charge in [-0.1, -0.05) is 0 Å². The maximum absolute atomic E-state index is 8.82. The summed E-state index contributed by atoms with van der Waals surface area (Å²) in [7, 11) is 0. The molecule has 60 valence electrons. The number of aliphatic hydroxyl groups excluding tert-OH is 1. The SMILES string of the molecule is NC[C@H]1CC[C@H](CO)CC1. The summed E-state index contributed by atoms with van der Waals surface area (Å²) in [4.78, 5) is 0. The second-order valence-corrected chi connectivity index (χ2v) is 3.31. The molecular formula is C8H17NO. The van der Waals surface area contributed by atoms with Crippen LogP contribution in [0.2, 0.25) is 0 Å². The van der Waals surface area contributed by atoms with E-state index in [4.69, 9.17) is 10.8 Å². The van der Waals surface area contributed by atoms with Gasteiger partial charge >= 0.3 is 0 Å². The van der Waals surface area contributed by atoms with Crippen LogP contribution in [0, 0.1) is 11.8 Å². The number of hydrogen-bond donors (Lipinski definition) is 2. The van der Waals surface area contributed by atoms with Gasteiger partial charge < -0.3 is 10.8 Å². The van der Waals surface area contributed by atoms with Gasteiger partial charge in [-0.3, -0.25) is 0 Å². The molecule has 0 amide bonds. The molecule has 0 atom stereocenters. The van der Waals surface area contributed by atoms with Crippen molar-refractivity contribution in [3.63, 3.8) is 0 Å². The molecule has 2 nitrogen and oxygen atoms in total. The molecule has 0 unspecified atom stereocenters. The molecule has 0 saturated heterocycles. The fourth-order valence-electron chi connectivity index (χ4n) is 1.65. The third-order valence-corrected chi connectivity index (χ3v) is 2.56. The Labute approximate surface area is 62.4 Å². The summed E-state index contributed by atoms with van der Waals surface area (Å²) in [6.45, 7) is 1.20. The molecule has 0 radical (unpaired) electrons. The molecule has 1 fully saturated rings. The van der Waals surface area contributed by atoms with Crippen molar-refractivity contribution in [2.75, 3.05) is 13.2 Å². The molecule has 0 aliphatic heterocycles. The molecule has 0 aromatic carbocycles. The van der Waals surface area contributed by atoms with E-state index in [2.05, 4.69) is 0 Å². The van der Waals surface area contributed by atoms with Crippen molar-refractivity contribution in [2.45, 2.75) is 25.7 Å². The van der Waals surface area contributed by atoms with E-state index in [0.717, 1.165) is 12.5 Å². The van der Waals surface area contributed by atoms with Crippen LogP contribution in [-0.4, -0.2) is 18.3 Å². The second kappa shape index (κ2) is 3.94. The highest BCUT2D eigenvalue weighted by Gasteiger charge is 2.18.